The first kappa shape index (κ1) is 16.6. The summed E-state index contributed by atoms with van der Waals surface area (Å²) in [5, 5.41) is 0. The Hall–Kier alpha value is -1.73. The SMILES string of the molecule is CCOC(=O)CC1CC(=O)CN1S(=O)(=O)c1ccc(C)cc1. The summed E-state index contributed by atoms with van der Waals surface area (Å²) < 4.78 is 31.3. The first-order chi connectivity index (χ1) is 10.3. The highest BCUT2D eigenvalue weighted by Gasteiger charge is 2.40. The molecule has 1 fully saturated rings. The summed E-state index contributed by atoms with van der Waals surface area (Å²) in [6, 6.07) is 5.75. The molecular weight excluding hydrogens is 306 g/mol. The van der Waals surface area contributed by atoms with E-state index < -0.39 is 22.0 Å². The first-order valence-corrected chi connectivity index (χ1v) is 8.54. The summed E-state index contributed by atoms with van der Waals surface area (Å²) in [5.74, 6) is -0.684. The van der Waals surface area contributed by atoms with Crippen molar-refractivity contribution < 1.29 is 22.7 Å². The Morgan fingerprint density at radius 1 is 1.32 bits per heavy atom. The molecule has 7 heteroatoms. The van der Waals surface area contributed by atoms with Crippen molar-refractivity contribution in [1.29, 1.82) is 0 Å². The lowest BCUT2D eigenvalue weighted by Crippen LogP contribution is -2.37. The maximum Gasteiger partial charge on any atom is 0.307 e. The molecule has 0 amide bonds. The molecule has 1 aromatic rings. The second-order valence-electron chi connectivity index (χ2n) is 5.27. The molecule has 1 aromatic carbocycles. The number of rotatable bonds is 5. The van der Waals surface area contributed by atoms with Gasteiger partial charge in [-0.25, -0.2) is 8.42 Å². The number of hydrogen-bond donors (Lipinski definition) is 0. The lowest BCUT2D eigenvalue weighted by atomic mass is 10.1. The van der Waals surface area contributed by atoms with Crippen molar-refractivity contribution in [2.75, 3.05) is 13.2 Å². The molecule has 0 aliphatic carbocycles. The molecule has 1 aliphatic heterocycles. The summed E-state index contributed by atoms with van der Waals surface area (Å²) in [5.41, 5.74) is 0.944. The van der Waals surface area contributed by atoms with Gasteiger partial charge in [0.2, 0.25) is 10.0 Å². The molecule has 1 unspecified atom stereocenters. The molecular formula is C15H19NO5S. The van der Waals surface area contributed by atoms with Crippen molar-refractivity contribution >= 4 is 21.8 Å². The second-order valence-corrected chi connectivity index (χ2v) is 7.16. The van der Waals surface area contributed by atoms with Crippen LogP contribution in [-0.4, -0.2) is 43.7 Å². The predicted octanol–water partition coefficient (Wildman–Crippen LogP) is 1.28. The van der Waals surface area contributed by atoms with E-state index >= 15 is 0 Å². The highest BCUT2D eigenvalue weighted by Crippen LogP contribution is 2.26. The lowest BCUT2D eigenvalue weighted by molar-refractivity contribution is -0.143. The molecule has 0 bridgehead atoms. The molecule has 0 radical (unpaired) electrons. The summed E-state index contributed by atoms with van der Waals surface area (Å²) in [4.78, 5) is 23.4. The minimum atomic E-state index is -3.79. The van der Waals surface area contributed by atoms with Gasteiger partial charge in [-0.3, -0.25) is 9.59 Å². The van der Waals surface area contributed by atoms with Crippen LogP contribution < -0.4 is 0 Å². The summed E-state index contributed by atoms with van der Waals surface area (Å²) in [6.07, 6.45) is -0.0609. The molecule has 6 nitrogen and oxygen atoms in total. The van der Waals surface area contributed by atoms with Gasteiger partial charge >= 0.3 is 5.97 Å². The molecule has 0 saturated carbocycles. The van der Waals surface area contributed by atoms with Crippen LogP contribution in [0.5, 0.6) is 0 Å². The number of Topliss-reactive ketones (excluding diaryl/α,β-unsaturated/α-hetero) is 1. The third kappa shape index (κ3) is 3.53. The molecule has 2 rings (SSSR count). The lowest BCUT2D eigenvalue weighted by Gasteiger charge is -2.22. The average molecular weight is 325 g/mol. The third-order valence-corrected chi connectivity index (χ3v) is 5.45. The van der Waals surface area contributed by atoms with Gasteiger partial charge in [0.05, 0.1) is 24.5 Å². The topological polar surface area (TPSA) is 80.8 Å². The van der Waals surface area contributed by atoms with E-state index in [0.29, 0.717) is 0 Å². The Bertz CT molecular complexity index is 666. The highest BCUT2D eigenvalue weighted by molar-refractivity contribution is 7.89. The van der Waals surface area contributed by atoms with Crippen molar-refractivity contribution in [2.45, 2.75) is 37.6 Å². The van der Waals surface area contributed by atoms with Gasteiger partial charge in [-0.1, -0.05) is 17.7 Å². The predicted molar refractivity (Wildman–Crippen MR) is 79.7 cm³/mol. The van der Waals surface area contributed by atoms with Crippen LogP contribution in [0.2, 0.25) is 0 Å². The number of ketones is 1. The van der Waals surface area contributed by atoms with E-state index in [-0.39, 0.29) is 36.7 Å². The van der Waals surface area contributed by atoms with Crippen molar-refractivity contribution in [1.82, 2.24) is 4.31 Å². The van der Waals surface area contributed by atoms with Gasteiger partial charge in [0, 0.05) is 12.5 Å². The van der Waals surface area contributed by atoms with Crippen LogP contribution in [-0.2, 0) is 24.3 Å². The van der Waals surface area contributed by atoms with E-state index in [1.165, 1.54) is 12.1 Å². The van der Waals surface area contributed by atoms with E-state index in [1.54, 1.807) is 19.1 Å². The van der Waals surface area contributed by atoms with E-state index in [2.05, 4.69) is 0 Å². The Morgan fingerprint density at radius 2 is 1.95 bits per heavy atom. The minimum Gasteiger partial charge on any atom is -0.466 e. The number of hydrogen-bond acceptors (Lipinski definition) is 5. The van der Waals surface area contributed by atoms with Gasteiger partial charge < -0.3 is 4.74 Å². The maximum absolute atomic E-state index is 12.7. The normalized spacial score (nSPS) is 19.4. The molecule has 0 N–H and O–H groups in total. The first-order valence-electron chi connectivity index (χ1n) is 7.10. The van der Waals surface area contributed by atoms with E-state index in [1.807, 2.05) is 6.92 Å². The van der Waals surface area contributed by atoms with Crippen LogP contribution in [0.1, 0.15) is 25.3 Å². The van der Waals surface area contributed by atoms with Crippen LogP contribution in [0.15, 0.2) is 29.2 Å². The molecule has 1 atom stereocenters. The Balaban J connectivity index is 2.25. The number of benzene rings is 1. The molecule has 0 aromatic heterocycles. The summed E-state index contributed by atoms with van der Waals surface area (Å²) >= 11 is 0. The summed E-state index contributed by atoms with van der Waals surface area (Å²) in [7, 11) is -3.79. The number of aryl methyl sites for hydroxylation is 1. The summed E-state index contributed by atoms with van der Waals surface area (Å²) in [6.45, 7) is 3.57. The number of carbonyl (C=O) groups excluding carboxylic acids is 2. The van der Waals surface area contributed by atoms with Gasteiger partial charge in [-0.15, -0.1) is 0 Å². The molecule has 1 heterocycles. The van der Waals surface area contributed by atoms with E-state index in [9.17, 15) is 18.0 Å². The van der Waals surface area contributed by atoms with Gasteiger partial charge in [0.25, 0.3) is 0 Å². The Morgan fingerprint density at radius 3 is 2.55 bits per heavy atom. The van der Waals surface area contributed by atoms with Crippen LogP contribution in [0.4, 0.5) is 0 Å². The number of ether oxygens (including phenoxy) is 1. The van der Waals surface area contributed by atoms with Gasteiger partial charge in [0.15, 0.2) is 0 Å². The molecule has 0 spiro atoms. The van der Waals surface area contributed by atoms with E-state index in [4.69, 9.17) is 4.74 Å². The minimum absolute atomic E-state index is 0.0455. The maximum atomic E-state index is 12.7. The van der Waals surface area contributed by atoms with Gasteiger partial charge in [0.1, 0.15) is 5.78 Å². The smallest absolute Gasteiger partial charge is 0.307 e. The number of carbonyl (C=O) groups is 2. The second kappa shape index (κ2) is 6.58. The zero-order valence-electron chi connectivity index (χ0n) is 12.6. The zero-order valence-corrected chi connectivity index (χ0v) is 13.4. The van der Waals surface area contributed by atoms with Gasteiger partial charge in [-0.2, -0.15) is 4.31 Å². The number of esters is 1. The Labute approximate surface area is 130 Å². The molecule has 120 valence electrons. The number of sulfonamides is 1. The third-order valence-electron chi connectivity index (χ3n) is 3.54. The highest BCUT2D eigenvalue weighted by atomic mass is 32.2. The molecule has 1 saturated heterocycles. The Kier molecular flexibility index (Phi) is 4.97. The number of nitrogens with zero attached hydrogens (tertiary/aromatic N) is 1. The average Bonchev–Trinajstić information content (AvgIpc) is 2.81. The quantitative estimate of drug-likeness (QED) is 0.762. The fourth-order valence-corrected chi connectivity index (χ4v) is 4.05. The van der Waals surface area contributed by atoms with Crippen molar-refractivity contribution in [3.05, 3.63) is 29.8 Å². The van der Waals surface area contributed by atoms with Crippen molar-refractivity contribution in [2.24, 2.45) is 0 Å². The molecule has 1 aliphatic rings. The van der Waals surface area contributed by atoms with Crippen LogP contribution in [0, 0.1) is 6.92 Å². The fraction of sp³-hybridized carbons (Fsp3) is 0.467. The van der Waals surface area contributed by atoms with Gasteiger partial charge in [-0.05, 0) is 26.0 Å². The monoisotopic (exact) mass is 325 g/mol. The standard InChI is InChI=1S/C15H19NO5S/c1-3-21-15(18)9-12-8-13(17)10-16(12)22(19,20)14-6-4-11(2)5-7-14/h4-7,12H,3,8-10H2,1-2H3. The largest absolute Gasteiger partial charge is 0.466 e. The van der Waals surface area contributed by atoms with Crippen LogP contribution in [0.3, 0.4) is 0 Å². The van der Waals surface area contributed by atoms with E-state index in [0.717, 1.165) is 9.87 Å². The van der Waals surface area contributed by atoms with Crippen molar-refractivity contribution in [3.8, 4) is 0 Å². The van der Waals surface area contributed by atoms with Crippen LogP contribution in [0.25, 0.3) is 0 Å². The zero-order chi connectivity index (χ0) is 16.3. The van der Waals surface area contributed by atoms with Crippen molar-refractivity contribution in [3.63, 3.8) is 0 Å². The van der Waals surface area contributed by atoms with Crippen LogP contribution >= 0.6 is 0 Å². The molecule has 22 heavy (non-hydrogen) atoms. The fourth-order valence-electron chi connectivity index (χ4n) is 2.45.